The second-order valence-corrected chi connectivity index (χ2v) is 5.32. The Morgan fingerprint density at radius 1 is 1.28 bits per heavy atom. The highest BCUT2D eigenvalue weighted by molar-refractivity contribution is 14.1. The number of aromatic nitrogens is 6. The van der Waals surface area contributed by atoms with Gasteiger partial charge in [-0.3, -0.25) is 0 Å². The van der Waals surface area contributed by atoms with E-state index in [-0.39, 0.29) is 0 Å². The molecule has 0 bridgehead atoms. The van der Waals surface area contributed by atoms with E-state index in [1.54, 1.807) is 6.20 Å². The molecule has 2 heterocycles. The number of halogens is 2. The Balaban J connectivity index is 2.14. The third-order valence-electron chi connectivity index (χ3n) is 2.38. The lowest BCUT2D eigenvalue weighted by Crippen LogP contribution is -1.99. The molecule has 0 amide bonds. The fourth-order valence-electron chi connectivity index (χ4n) is 1.55. The van der Waals surface area contributed by atoms with Gasteiger partial charge in [0.25, 0.3) is 0 Å². The minimum absolute atomic E-state index is 0.540. The maximum absolute atomic E-state index is 4.36. The van der Waals surface area contributed by atoms with Crippen molar-refractivity contribution in [3.8, 4) is 17.1 Å². The molecule has 8 heteroatoms. The number of H-pyrrole nitrogens is 1. The Morgan fingerprint density at radius 2 is 2.11 bits per heavy atom. The van der Waals surface area contributed by atoms with Crippen LogP contribution in [0.5, 0.6) is 0 Å². The van der Waals surface area contributed by atoms with Crippen LogP contribution in [0.4, 0.5) is 0 Å². The van der Waals surface area contributed by atoms with Crippen LogP contribution in [0, 0.1) is 3.70 Å². The van der Waals surface area contributed by atoms with Crippen LogP contribution in [0.25, 0.3) is 17.1 Å². The molecule has 0 aliphatic heterocycles. The summed E-state index contributed by atoms with van der Waals surface area (Å²) in [6.07, 6.45) is 1.73. The molecule has 0 radical (unpaired) electrons. The van der Waals surface area contributed by atoms with Crippen molar-refractivity contribution in [2.24, 2.45) is 0 Å². The fraction of sp³-hybridized carbons (Fsp3) is 0. The average Bonchev–Trinajstić information content (AvgIpc) is 2.99. The molecule has 2 aromatic heterocycles. The molecule has 3 rings (SSSR count). The lowest BCUT2D eigenvalue weighted by atomic mass is 10.3. The average molecular weight is 417 g/mol. The third kappa shape index (κ3) is 1.94. The monoisotopic (exact) mass is 416 g/mol. The summed E-state index contributed by atoms with van der Waals surface area (Å²) in [6.45, 7) is 0. The van der Waals surface area contributed by atoms with Crippen LogP contribution in [-0.2, 0) is 0 Å². The highest BCUT2D eigenvalue weighted by Gasteiger charge is 2.15. The van der Waals surface area contributed by atoms with E-state index in [0.29, 0.717) is 5.82 Å². The molecular weight excluding hydrogens is 411 g/mol. The Kier molecular flexibility index (Phi) is 3.12. The number of nitrogens with zero attached hydrogens (tertiary/aromatic N) is 5. The summed E-state index contributed by atoms with van der Waals surface area (Å²) in [5.41, 5.74) is 1.82. The molecule has 1 N–H and O–H groups in total. The van der Waals surface area contributed by atoms with Crippen LogP contribution < -0.4 is 0 Å². The highest BCUT2D eigenvalue weighted by Crippen LogP contribution is 2.27. The Bertz CT molecular complexity index is 678. The molecule has 1 aromatic carbocycles. The van der Waals surface area contributed by atoms with Gasteiger partial charge in [0.2, 0.25) is 5.82 Å². The van der Waals surface area contributed by atoms with Gasteiger partial charge >= 0.3 is 0 Å². The lowest BCUT2D eigenvalue weighted by molar-refractivity contribution is 0.854. The number of aromatic amines is 1. The largest absolute Gasteiger partial charge is 0.226 e. The van der Waals surface area contributed by atoms with Crippen molar-refractivity contribution >= 4 is 38.5 Å². The predicted molar refractivity (Wildman–Crippen MR) is 77.2 cm³/mol. The number of hydrogen-bond donors (Lipinski definition) is 1. The Morgan fingerprint density at radius 3 is 2.83 bits per heavy atom. The summed E-state index contributed by atoms with van der Waals surface area (Å²) in [5.74, 6) is 0.540. The fourth-order valence-corrected chi connectivity index (χ4v) is 2.77. The highest BCUT2D eigenvalue weighted by atomic mass is 127. The van der Waals surface area contributed by atoms with Crippen molar-refractivity contribution in [1.29, 1.82) is 0 Å². The molecule has 0 fully saturated rings. The molecule has 0 spiro atoms. The van der Waals surface area contributed by atoms with E-state index in [0.717, 1.165) is 19.4 Å². The van der Waals surface area contributed by atoms with Crippen molar-refractivity contribution in [3.05, 3.63) is 38.6 Å². The summed E-state index contributed by atoms with van der Waals surface area (Å²) < 4.78 is 3.74. The molecule has 0 unspecified atom stereocenters. The first-order chi connectivity index (χ1) is 8.77. The quantitative estimate of drug-likeness (QED) is 0.651. The lowest BCUT2D eigenvalue weighted by Gasteiger charge is -2.05. The number of para-hydroxylation sites is 1. The summed E-state index contributed by atoms with van der Waals surface area (Å²) in [4.78, 5) is 0. The van der Waals surface area contributed by atoms with Crippen LogP contribution in [0.2, 0.25) is 0 Å². The van der Waals surface area contributed by atoms with Gasteiger partial charge in [0, 0.05) is 4.47 Å². The van der Waals surface area contributed by atoms with Gasteiger partial charge in [0.15, 0.2) is 0 Å². The van der Waals surface area contributed by atoms with E-state index in [1.165, 1.54) is 0 Å². The van der Waals surface area contributed by atoms with E-state index in [9.17, 15) is 0 Å². The third-order valence-corrected chi connectivity index (χ3v) is 4.09. The molecule has 6 nitrogen and oxygen atoms in total. The molecule has 0 saturated carbocycles. The second-order valence-electron chi connectivity index (χ2n) is 3.45. The van der Waals surface area contributed by atoms with E-state index < -0.39 is 0 Å². The van der Waals surface area contributed by atoms with Crippen molar-refractivity contribution in [3.63, 3.8) is 0 Å². The zero-order chi connectivity index (χ0) is 12.5. The minimum atomic E-state index is 0.540. The number of nitrogens with one attached hydrogen (secondary N) is 1. The van der Waals surface area contributed by atoms with E-state index >= 15 is 0 Å². The molecule has 3 aromatic rings. The van der Waals surface area contributed by atoms with Crippen LogP contribution in [0.3, 0.4) is 0 Å². The smallest absolute Gasteiger partial charge is 0.208 e. The normalized spacial score (nSPS) is 10.8. The van der Waals surface area contributed by atoms with Crippen LogP contribution in [0.1, 0.15) is 0 Å². The molecule has 0 aliphatic carbocycles. The summed E-state index contributed by atoms with van der Waals surface area (Å²) >= 11 is 5.73. The topological polar surface area (TPSA) is 72.3 Å². The minimum Gasteiger partial charge on any atom is -0.226 e. The maximum atomic E-state index is 4.36. The SMILES string of the molecule is Brc1ccccc1-n1ncc(-c2nn[nH]n2)c1I. The van der Waals surface area contributed by atoms with Gasteiger partial charge in [0.05, 0.1) is 17.4 Å². The van der Waals surface area contributed by atoms with Gasteiger partial charge in [0.1, 0.15) is 3.70 Å². The molecule has 0 saturated heterocycles. The van der Waals surface area contributed by atoms with Gasteiger partial charge < -0.3 is 0 Å². The molecule has 0 atom stereocenters. The van der Waals surface area contributed by atoms with Gasteiger partial charge in [-0.15, -0.1) is 10.2 Å². The van der Waals surface area contributed by atoms with Crippen molar-refractivity contribution in [1.82, 2.24) is 30.4 Å². The van der Waals surface area contributed by atoms with Crippen molar-refractivity contribution in [2.75, 3.05) is 0 Å². The van der Waals surface area contributed by atoms with Crippen LogP contribution >= 0.6 is 38.5 Å². The van der Waals surface area contributed by atoms with E-state index in [2.05, 4.69) is 64.2 Å². The zero-order valence-electron chi connectivity index (χ0n) is 8.88. The van der Waals surface area contributed by atoms with Gasteiger partial charge in [-0.2, -0.15) is 10.3 Å². The van der Waals surface area contributed by atoms with Crippen LogP contribution in [0.15, 0.2) is 34.9 Å². The number of rotatable bonds is 2. The summed E-state index contributed by atoms with van der Waals surface area (Å²) in [5, 5.41) is 18.3. The summed E-state index contributed by atoms with van der Waals surface area (Å²) in [6, 6.07) is 7.89. The number of benzene rings is 1. The first kappa shape index (κ1) is 11.8. The van der Waals surface area contributed by atoms with Gasteiger partial charge in [-0.1, -0.05) is 12.1 Å². The first-order valence-corrected chi connectivity index (χ1v) is 6.87. The molecule has 90 valence electrons. The maximum Gasteiger partial charge on any atom is 0.208 e. The standard InChI is InChI=1S/C10H6BrIN6/c11-7-3-1-2-4-8(7)18-9(12)6(5-13-18)10-14-16-17-15-10/h1-5H,(H,14,15,16,17). The molecule has 18 heavy (non-hydrogen) atoms. The number of hydrogen-bond acceptors (Lipinski definition) is 4. The predicted octanol–water partition coefficient (Wildman–Crippen LogP) is 2.42. The van der Waals surface area contributed by atoms with E-state index in [4.69, 9.17) is 0 Å². The van der Waals surface area contributed by atoms with Crippen LogP contribution in [-0.4, -0.2) is 30.4 Å². The van der Waals surface area contributed by atoms with Gasteiger partial charge in [-0.25, -0.2) is 4.68 Å². The Labute approximate surface area is 124 Å². The first-order valence-electron chi connectivity index (χ1n) is 4.99. The van der Waals surface area contributed by atoms with Crippen molar-refractivity contribution in [2.45, 2.75) is 0 Å². The van der Waals surface area contributed by atoms with E-state index in [1.807, 2.05) is 28.9 Å². The van der Waals surface area contributed by atoms with Gasteiger partial charge in [-0.05, 0) is 55.9 Å². The Hall–Kier alpha value is -1.29. The molecule has 0 aliphatic rings. The number of tetrazole rings is 1. The zero-order valence-corrected chi connectivity index (χ0v) is 12.6. The van der Waals surface area contributed by atoms with Crippen molar-refractivity contribution < 1.29 is 0 Å². The summed E-state index contributed by atoms with van der Waals surface area (Å²) in [7, 11) is 0. The second kappa shape index (κ2) is 4.76. The molecular formula is C10H6BrIN6.